The number of aromatic nitrogens is 3. The lowest BCUT2D eigenvalue weighted by molar-refractivity contribution is -0.120. The maximum absolute atomic E-state index is 12.3. The molecule has 3 aromatic rings. The molecule has 0 spiro atoms. The van der Waals surface area contributed by atoms with Gasteiger partial charge in [-0.15, -0.1) is 0 Å². The molecule has 27 heavy (non-hydrogen) atoms. The van der Waals surface area contributed by atoms with Crippen LogP contribution in [0, 0.1) is 20.8 Å². The summed E-state index contributed by atoms with van der Waals surface area (Å²) in [6.07, 6.45) is 1.12. The summed E-state index contributed by atoms with van der Waals surface area (Å²) in [5.41, 5.74) is 6.08. The van der Waals surface area contributed by atoms with Crippen molar-refractivity contribution in [1.29, 1.82) is 0 Å². The number of aryl methyl sites for hydroxylation is 3. The highest BCUT2D eigenvalue weighted by Gasteiger charge is 2.12. The zero-order valence-electron chi connectivity index (χ0n) is 16.5. The van der Waals surface area contributed by atoms with Gasteiger partial charge in [0.15, 0.2) is 5.65 Å². The zero-order valence-corrected chi connectivity index (χ0v) is 16.5. The van der Waals surface area contributed by atoms with Crippen molar-refractivity contribution in [2.45, 2.75) is 33.6 Å². The summed E-state index contributed by atoms with van der Waals surface area (Å²) in [6, 6.07) is 12.1. The number of hydrogen-bond donors (Lipinski definition) is 1. The minimum atomic E-state index is 0.0620. The van der Waals surface area contributed by atoms with Gasteiger partial charge in [0.1, 0.15) is 0 Å². The van der Waals surface area contributed by atoms with Gasteiger partial charge in [-0.25, -0.2) is 9.50 Å². The molecule has 1 amide bonds. The molecule has 0 saturated heterocycles. The number of benzene rings is 1. The Balaban J connectivity index is 1.53. The Morgan fingerprint density at radius 2 is 1.93 bits per heavy atom. The quantitative estimate of drug-likeness (QED) is 0.699. The van der Waals surface area contributed by atoms with E-state index in [1.165, 1.54) is 0 Å². The summed E-state index contributed by atoms with van der Waals surface area (Å²) in [4.78, 5) is 19.0. The number of amides is 1. The van der Waals surface area contributed by atoms with Crippen LogP contribution in [0.2, 0.25) is 0 Å². The summed E-state index contributed by atoms with van der Waals surface area (Å²) in [6.45, 7) is 7.39. The first-order valence-electron chi connectivity index (χ1n) is 9.31. The number of rotatable bonds is 7. The molecular formula is C21H27N5O. The number of nitrogens with one attached hydrogen (secondary N) is 1. The van der Waals surface area contributed by atoms with E-state index in [0.29, 0.717) is 19.4 Å². The standard InChI is InChI=1S/C21H27N5O/c1-15-14-20-23-16(2)19(17(3)26(20)24-15)10-11-21(27)22-12-13-25(4)18-8-6-5-7-9-18/h5-9,14H,10-13H2,1-4H3,(H,22,27). The van der Waals surface area contributed by atoms with Crippen LogP contribution in [0.25, 0.3) is 5.65 Å². The fraction of sp³-hybridized carbons (Fsp3) is 0.381. The lowest BCUT2D eigenvalue weighted by atomic mass is 10.1. The number of fused-ring (bicyclic) bond motifs is 1. The van der Waals surface area contributed by atoms with E-state index in [0.717, 1.165) is 40.5 Å². The molecule has 0 radical (unpaired) electrons. The molecule has 142 valence electrons. The summed E-state index contributed by atoms with van der Waals surface area (Å²) in [5, 5.41) is 7.50. The normalized spacial score (nSPS) is 11.0. The first-order chi connectivity index (χ1) is 13.0. The van der Waals surface area contributed by atoms with Crippen LogP contribution in [0.1, 0.15) is 29.1 Å². The van der Waals surface area contributed by atoms with Crippen LogP contribution in [-0.2, 0) is 11.2 Å². The van der Waals surface area contributed by atoms with Crippen molar-refractivity contribution in [3.63, 3.8) is 0 Å². The van der Waals surface area contributed by atoms with Gasteiger partial charge >= 0.3 is 0 Å². The van der Waals surface area contributed by atoms with Crippen molar-refractivity contribution in [2.75, 3.05) is 25.0 Å². The number of anilines is 1. The molecular weight excluding hydrogens is 338 g/mol. The first-order valence-corrected chi connectivity index (χ1v) is 9.31. The van der Waals surface area contributed by atoms with Crippen molar-refractivity contribution in [1.82, 2.24) is 19.9 Å². The molecule has 0 atom stereocenters. The Labute approximate surface area is 160 Å². The van der Waals surface area contributed by atoms with Gasteiger partial charge in [0, 0.05) is 49.7 Å². The predicted octanol–water partition coefficient (Wildman–Crippen LogP) is 2.84. The molecule has 0 aliphatic heterocycles. The van der Waals surface area contributed by atoms with Gasteiger partial charge in [0.2, 0.25) is 5.91 Å². The zero-order chi connectivity index (χ0) is 19.4. The highest BCUT2D eigenvalue weighted by molar-refractivity contribution is 5.76. The third-order valence-corrected chi connectivity index (χ3v) is 4.85. The summed E-state index contributed by atoms with van der Waals surface area (Å²) < 4.78 is 1.87. The van der Waals surface area contributed by atoms with E-state index in [1.807, 2.05) is 56.6 Å². The molecule has 0 aliphatic rings. The van der Waals surface area contributed by atoms with Crippen molar-refractivity contribution in [3.05, 3.63) is 59.0 Å². The number of para-hydroxylation sites is 1. The van der Waals surface area contributed by atoms with E-state index in [-0.39, 0.29) is 5.91 Å². The smallest absolute Gasteiger partial charge is 0.220 e. The van der Waals surface area contributed by atoms with Crippen molar-refractivity contribution >= 4 is 17.2 Å². The molecule has 0 saturated carbocycles. The Bertz CT molecular complexity index is 933. The fourth-order valence-corrected chi connectivity index (χ4v) is 3.30. The Morgan fingerprint density at radius 1 is 1.19 bits per heavy atom. The molecule has 0 bridgehead atoms. The maximum Gasteiger partial charge on any atom is 0.220 e. The number of carbonyl (C=O) groups is 1. The second-order valence-corrected chi connectivity index (χ2v) is 6.92. The average molecular weight is 365 g/mol. The predicted molar refractivity (Wildman–Crippen MR) is 108 cm³/mol. The molecule has 1 aromatic carbocycles. The van der Waals surface area contributed by atoms with Gasteiger partial charge in [-0.2, -0.15) is 5.10 Å². The van der Waals surface area contributed by atoms with E-state index in [9.17, 15) is 4.79 Å². The van der Waals surface area contributed by atoms with Crippen molar-refractivity contribution in [2.24, 2.45) is 0 Å². The van der Waals surface area contributed by atoms with E-state index < -0.39 is 0 Å². The van der Waals surface area contributed by atoms with E-state index in [1.54, 1.807) is 0 Å². The topological polar surface area (TPSA) is 62.5 Å². The molecule has 2 heterocycles. The lowest BCUT2D eigenvalue weighted by Crippen LogP contribution is -2.33. The molecule has 1 N–H and O–H groups in total. The van der Waals surface area contributed by atoms with E-state index in [4.69, 9.17) is 0 Å². The van der Waals surface area contributed by atoms with E-state index >= 15 is 0 Å². The Hall–Kier alpha value is -2.89. The van der Waals surface area contributed by atoms with Gasteiger partial charge < -0.3 is 10.2 Å². The van der Waals surface area contributed by atoms with Crippen LogP contribution in [0.4, 0.5) is 5.69 Å². The molecule has 2 aromatic heterocycles. The third kappa shape index (κ3) is 4.45. The minimum Gasteiger partial charge on any atom is -0.373 e. The fourth-order valence-electron chi connectivity index (χ4n) is 3.30. The van der Waals surface area contributed by atoms with Crippen LogP contribution in [-0.4, -0.2) is 40.6 Å². The van der Waals surface area contributed by atoms with Crippen LogP contribution in [0.3, 0.4) is 0 Å². The van der Waals surface area contributed by atoms with Gasteiger partial charge in [-0.3, -0.25) is 4.79 Å². The highest BCUT2D eigenvalue weighted by Crippen LogP contribution is 2.17. The number of likely N-dealkylation sites (N-methyl/N-ethyl adjacent to an activating group) is 1. The van der Waals surface area contributed by atoms with E-state index in [2.05, 4.69) is 32.4 Å². The molecule has 0 aliphatic carbocycles. The number of hydrogen-bond acceptors (Lipinski definition) is 4. The highest BCUT2D eigenvalue weighted by atomic mass is 16.1. The Kier molecular flexibility index (Phi) is 5.74. The summed E-state index contributed by atoms with van der Waals surface area (Å²) in [7, 11) is 2.03. The van der Waals surface area contributed by atoms with Crippen LogP contribution >= 0.6 is 0 Å². The van der Waals surface area contributed by atoms with Gasteiger partial charge in [0.25, 0.3) is 0 Å². The lowest BCUT2D eigenvalue weighted by Gasteiger charge is -2.19. The monoisotopic (exact) mass is 365 g/mol. The second-order valence-electron chi connectivity index (χ2n) is 6.92. The van der Waals surface area contributed by atoms with Gasteiger partial charge in [-0.1, -0.05) is 18.2 Å². The van der Waals surface area contributed by atoms with Crippen LogP contribution in [0.5, 0.6) is 0 Å². The summed E-state index contributed by atoms with van der Waals surface area (Å²) in [5.74, 6) is 0.0620. The number of carbonyl (C=O) groups excluding carboxylic acids is 1. The molecule has 3 rings (SSSR count). The largest absolute Gasteiger partial charge is 0.373 e. The van der Waals surface area contributed by atoms with Crippen LogP contribution < -0.4 is 10.2 Å². The summed E-state index contributed by atoms with van der Waals surface area (Å²) >= 11 is 0. The minimum absolute atomic E-state index is 0.0620. The SMILES string of the molecule is Cc1cc2nc(C)c(CCC(=O)NCCN(C)c3ccccc3)c(C)n2n1. The Morgan fingerprint density at radius 3 is 2.67 bits per heavy atom. The maximum atomic E-state index is 12.3. The van der Waals surface area contributed by atoms with Gasteiger partial charge in [-0.05, 0) is 44.9 Å². The first kappa shape index (κ1) is 18.9. The molecule has 0 fully saturated rings. The number of nitrogens with zero attached hydrogens (tertiary/aromatic N) is 4. The molecule has 0 unspecified atom stereocenters. The van der Waals surface area contributed by atoms with Crippen LogP contribution in [0.15, 0.2) is 36.4 Å². The molecule has 6 nitrogen and oxygen atoms in total. The van der Waals surface area contributed by atoms with Gasteiger partial charge in [0.05, 0.1) is 5.69 Å². The molecule has 6 heteroatoms. The third-order valence-electron chi connectivity index (χ3n) is 4.85. The second kappa shape index (κ2) is 8.20. The average Bonchev–Trinajstić information content (AvgIpc) is 3.02. The van der Waals surface area contributed by atoms with Crippen molar-refractivity contribution < 1.29 is 4.79 Å². The van der Waals surface area contributed by atoms with Crippen molar-refractivity contribution in [3.8, 4) is 0 Å².